The Morgan fingerprint density at radius 2 is 2.15 bits per heavy atom. The lowest BCUT2D eigenvalue weighted by Crippen LogP contribution is -2.21. The van der Waals surface area contributed by atoms with Crippen molar-refractivity contribution in [2.24, 2.45) is 5.73 Å². The van der Waals surface area contributed by atoms with Crippen LogP contribution in [0.3, 0.4) is 0 Å². The van der Waals surface area contributed by atoms with Crippen molar-refractivity contribution >= 4 is 11.8 Å². The maximum Gasteiger partial charge on any atom is 0.192 e. The van der Waals surface area contributed by atoms with Gasteiger partial charge in [-0.3, -0.25) is 0 Å². The number of rotatable bonds is 5. The summed E-state index contributed by atoms with van der Waals surface area (Å²) in [5, 5.41) is 0.557. The van der Waals surface area contributed by atoms with Crippen LogP contribution < -0.4 is 5.73 Å². The molecular weight excluding hydrogens is 273 g/mol. The van der Waals surface area contributed by atoms with Crippen LogP contribution in [0.1, 0.15) is 24.6 Å². The van der Waals surface area contributed by atoms with Crippen LogP contribution in [-0.2, 0) is 6.42 Å². The molecule has 3 nitrogen and oxygen atoms in total. The fourth-order valence-electron chi connectivity index (χ4n) is 1.77. The number of hydrogen-bond donors (Lipinski definition) is 1. The van der Waals surface area contributed by atoms with Gasteiger partial charge in [0.1, 0.15) is 5.82 Å². The van der Waals surface area contributed by atoms with Crippen LogP contribution in [-0.4, -0.2) is 16.0 Å². The smallest absolute Gasteiger partial charge is 0.192 e. The molecule has 2 N–H and O–H groups in total. The summed E-state index contributed by atoms with van der Waals surface area (Å²) in [5.74, 6) is -0.249. The quantitative estimate of drug-likeness (QED) is 0.858. The van der Waals surface area contributed by atoms with E-state index in [-0.39, 0.29) is 11.9 Å². The molecule has 0 fully saturated rings. The minimum Gasteiger partial charge on any atom is -0.327 e. The monoisotopic (exact) mass is 291 g/mol. The van der Waals surface area contributed by atoms with Crippen molar-refractivity contribution in [3.8, 4) is 0 Å². The summed E-state index contributed by atoms with van der Waals surface area (Å²) < 4.78 is 14.1. The molecule has 0 saturated carbocycles. The molecule has 0 bridgehead atoms. The van der Waals surface area contributed by atoms with E-state index in [4.69, 9.17) is 5.73 Å². The summed E-state index contributed by atoms with van der Waals surface area (Å²) in [5.41, 5.74) is 7.68. The number of aryl methyl sites for hydroxylation is 1. The second-order valence-electron chi connectivity index (χ2n) is 4.72. The molecule has 2 rings (SSSR count). The van der Waals surface area contributed by atoms with Crippen molar-refractivity contribution in [1.82, 2.24) is 9.97 Å². The van der Waals surface area contributed by atoms with Gasteiger partial charge in [-0.05, 0) is 55.3 Å². The Hall–Kier alpha value is -1.46. The lowest BCUT2D eigenvalue weighted by Gasteiger charge is -2.10. The highest BCUT2D eigenvalue weighted by Gasteiger charge is 2.09. The van der Waals surface area contributed by atoms with Gasteiger partial charge in [0.15, 0.2) is 5.16 Å². The molecule has 1 unspecified atom stereocenters. The van der Waals surface area contributed by atoms with Gasteiger partial charge in [0.25, 0.3) is 0 Å². The zero-order valence-electron chi connectivity index (χ0n) is 11.6. The molecule has 1 aromatic carbocycles. The van der Waals surface area contributed by atoms with Crippen LogP contribution in [0.4, 0.5) is 4.39 Å². The van der Waals surface area contributed by atoms with E-state index in [0.717, 1.165) is 17.7 Å². The van der Waals surface area contributed by atoms with Gasteiger partial charge in [0.05, 0.1) is 4.90 Å². The lowest BCUT2D eigenvalue weighted by atomic mass is 10.0. The van der Waals surface area contributed by atoms with E-state index in [0.29, 0.717) is 16.5 Å². The third-order valence-electron chi connectivity index (χ3n) is 2.99. The average Bonchev–Trinajstić information content (AvgIpc) is 2.42. The summed E-state index contributed by atoms with van der Waals surface area (Å²) in [7, 11) is 0. The number of halogens is 1. The van der Waals surface area contributed by atoms with Crippen molar-refractivity contribution in [2.75, 3.05) is 0 Å². The molecule has 0 aliphatic heterocycles. The Morgan fingerprint density at radius 3 is 2.80 bits per heavy atom. The topological polar surface area (TPSA) is 51.8 Å². The predicted octanol–water partition coefficient (Wildman–Crippen LogP) is 3.36. The maximum atomic E-state index is 14.1. The largest absolute Gasteiger partial charge is 0.327 e. The van der Waals surface area contributed by atoms with E-state index in [1.54, 1.807) is 18.3 Å². The summed E-state index contributed by atoms with van der Waals surface area (Å²) in [4.78, 5) is 8.92. The molecule has 1 heterocycles. The van der Waals surface area contributed by atoms with Gasteiger partial charge in [0, 0.05) is 17.9 Å². The van der Waals surface area contributed by atoms with Crippen molar-refractivity contribution < 1.29 is 4.39 Å². The van der Waals surface area contributed by atoms with Gasteiger partial charge >= 0.3 is 0 Å². The molecule has 106 valence electrons. The van der Waals surface area contributed by atoms with E-state index in [9.17, 15) is 4.39 Å². The van der Waals surface area contributed by atoms with Crippen LogP contribution in [0.2, 0.25) is 0 Å². The van der Waals surface area contributed by atoms with Gasteiger partial charge in [-0.1, -0.05) is 13.0 Å². The van der Waals surface area contributed by atoms with Gasteiger partial charge in [-0.15, -0.1) is 0 Å². The first-order valence-corrected chi connectivity index (χ1v) is 7.41. The molecule has 5 heteroatoms. The first-order valence-electron chi connectivity index (χ1n) is 6.60. The number of aromatic nitrogens is 2. The van der Waals surface area contributed by atoms with Gasteiger partial charge in [0.2, 0.25) is 0 Å². The molecule has 2 aromatic rings. The van der Waals surface area contributed by atoms with E-state index in [2.05, 4.69) is 9.97 Å². The van der Waals surface area contributed by atoms with Crippen LogP contribution >= 0.6 is 11.8 Å². The normalized spacial score (nSPS) is 12.4. The molecular formula is C15H18FN3S. The average molecular weight is 291 g/mol. The highest BCUT2D eigenvalue weighted by Crippen LogP contribution is 2.28. The Bertz CT molecular complexity index is 589. The zero-order chi connectivity index (χ0) is 14.5. The number of hydrogen-bond acceptors (Lipinski definition) is 4. The van der Waals surface area contributed by atoms with E-state index in [1.165, 1.54) is 11.8 Å². The Morgan fingerprint density at radius 1 is 1.35 bits per heavy atom. The van der Waals surface area contributed by atoms with Gasteiger partial charge in [-0.2, -0.15) is 0 Å². The lowest BCUT2D eigenvalue weighted by molar-refractivity contribution is 0.592. The molecule has 1 aromatic heterocycles. The first kappa shape index (κ1) is 14.9. The summed E-state index contributed by atoms with van der Waals surface area (Å²) >= 11 is 1.23. The fourth-order valence-corrected chi connectivity index (χ4v) is 2.57. The molecule has 0 aliphatic carbocycles. The summed E-state index contributed by atoms with van der Waals surface area (Å²) in [6.45, 7) is 3.91. The number of nitrogens with zero attached hydrogens (tertiary/aromatic N) is 2. The molecule has 0 spiro atoms. The zero-order valence-corrected chi connectivity index (χ0v) is 12.5. The summed E-state index contributed by atoms with van der Waals surface area (Å²) in [6.07, 6.45) is 3.26. The van der Waals surface area contributed by atoms with Crippen molar-refractivity contribution in [3.05, 3.63) is 47.5 Å². The first-order chi connectivity index (χ1) is 9.58. The third kappa shape index (κ3) is 4.02. The molecule has 0 amide bonds. The van der Waals surface area contributed by atoms with Gasteiger partial charge in [-0.25, -0.2) is 14.4 Å². The van der Waals surface area contributed by atoms with Gasteiger partial charge < -0.3 is 5.73 Å². The second-order valence-corrected chi connectivity index (χ2v) is 5.73. The van der Waals surface area contributed by atoms with E-state index < -0.39 is 0 Å². The molecule has 0 radical (unpaired) electrons. The van der Waals surface area contributed by atoms with E-state index >= 15 is 0 Å². The van der Waals surface area contributed by atoms with Crippen LogP contribution in [0.25, 0.3) is 0 Å². The molecule has 0 aliphatic rings. The predicted molar refractivity (Wildman–Crippen MR) is 79.3 cm³/mol. The standard InChI is InChI=1S/C15H18FN3S/c1-3-12(17)8-11-4-5-14(13(16)9-11)20-15-18-7-6-10(2)19-15/h4-7,9,12H,3,8,17H2,1-2H3. The highest BCUT2D eigenvalue weighted by molar-refractivity contribution is 7.99. The molecule has 1 atom stereocenters. The second kappa shape index (κ2) is 6.81. The third-order valence-corrected chi connectivity index (χ3v) is 3.92. The fraction of sp³-hybridized carbons (Fsp3) is 0.333. The number of nitrogens with two attached hydrogens (primary N) is 1. The highest BCUT2D eigenvalue weighted by atomic mass is 32.2. The minimum atomic E-state index is -0.249. The Balaban J connectivity index is 2.13. The number of benzene rings is 1. The Labute approximate surface area is 122 Å². The SMILES string of the molecule is CCC(N)Cc1ccc(Sc2nccc(C)n2)c(F)c1. The van der Waals surface area contributed by atoms with E-state index in [1.807, 2.05) is 26.0 Å². The van der Waals surface area contributed by atoms with Crippen LogP contribution in [0.5, 0.6) is 0 Å². The Kier molecular flexibility index (Phi) is 5.09. The summed E-state index contributed by atoms with van der Waals surface area (Å²) in [6, 6.07) is 7.12. The van der Waals surface area contributed by atoms with Crippen LogP contribution in [0, 0.1) is 12.7 Å². The molecule has 0 saturated heterocycles. The maximum absolute atomic E-state index is 14.1. The van der Waals surface area contributed by atoms with Crippen molar-refractivity contribution in [3.63, 3.8) is 0 Å². The van der Waals surface area contributed by atoms with Crippen LogP contribution in [0.15, 0.2) is 40.5 Å². The van der Waals surface area contributed by atoms with Crippen molar-refractivity contribution in [1.29, 1.82) is 0 Å². The minimum absolute atomic E-state index is 0.0769. The molecule has 20 heavy (non-hydrogen) atoms. The van der Waals surface area contributed by atoms with Crippen molar-refractivity contribution in [2.45, 2.75) is 42.8 Å².